The van der Waals surface area contributed by atoms with Crippen LogP contribution in [-0.2, 0) is 12.6 Å². The molecule has 0 bridgehead atoms. The van der Waals surface area contributed by atoms with Crippen molar-refractivity contribution in [3.8, 4) is 0 Å². The van der Waals surface area contributed by atoms with Crippen LogP contribution in [0.1, 0.15) is 32.6 Å². The van der Waals surface area contributed by atoms with Crippen molar-refractivity contribution in [2.75, 3.05) is 4.61 Å². The van der Waals surface area contributed by atoms with Gasteiger partial charge in [0.25, 0.3) is 0 Å². The van der Waals surface area contributed by atoms with E-state index < -0.39 is 5.79 Å². The molecule has 0 N–H and O–H groups in total. The van der Waals surface area contributed by atoms with Crippen molar-refractivity contribution >= 4 is 6.29 Å². The molecular weight excluding hydrogens is 295 g/mol. The molecule has 14 heavy (non-hydrogen) atoms. The second kappa shape index (κ2) is 4.28. The molecule has 1 unspecified atom stereocenters. The van der Waals surface area contributed by atoms with E-state index in [1.54, 1.807) is 0 Å². The summed E-state index contributed by atoms with van der Waals surface area (Å²) >= 11 is -0.227. The van der Waals surface area contributed by atoms with Gasteiger partial charge in [-0.3, -0.25) is 0 Å². The zero-order valence-corrected chi connectivity index (χ0v) is 10.4. The molecule has 0 amide bonds. The van der Waals surface area contributed by atoms with E-state index in [4.69, 9.17) is 7.80 Å². The Bertz CT molecular complexity index is 267. The molecule has 1 heterocycles. The topological polar surface area (TPSA) is 35.5 Å². The first-order valence-electron chi connectivity index (χ1n) is 4.82. The molecule has 1 atom stereocenters. The van der Waals surface area contributed by atoms with Crippen LogP contribution in [0.2, 0.25) is 0 Å². The number of allylic oxidation sites excluding steroid dienone is 1. The molecule has 1 spiro atoms. The van der Waals surface area contributed by atoms with Crippen molar-refractivity contribution in [2.24, 2.45) is 0 Å². The Labute approximate surface area is 94.6 Å². The second-order valence-electron chi connectivity index (χ2n) is 3.66. The first kappa shape index (κ1) is 10.6. The van der Waals surface area contributed by atoms with E-state index in [-0.39, 0.29) is 21.6 Å². The van der Waals surface area contributed by atoms with Gasteiger partial charge in [-0.2, -0.15) is 0 Å². The van der Waals surface area contributed by atoms with Crippen LogP contribution in [0.15, 0.2) is 11.1 Å². The standard InChI is InChI=1S/C10H14IO3/c1-8-4-5-10(13-7-11-14-10)9(8)3-2-6-12/h6H,2-5,7H2,1H3/q-1. The third-order valence-electron chi connectivity index (χ3n) is 2.83. The molecule has 3 nitrogen and oxygen atoms in total. The van der Waals surface area contributed by atoms with Crippen molar-refractivity contribution in [2.45, 2.75) is 38.4 Å². The van der Waals surface area contributed by atoms with E-state index >= 15 is 0 Å². The number of hydrogen-bond donors (Lipinski definition) is 0. The van der Waals surface area contributed by atoms with Gasteiger partial charge in [-0.25, -0.2) is 0 Å². The average Bonchev–Trinajstić information content (AvgIpc) is 2.75. The van der Waals surface area contributed by atoms with Gasteiger partial charge in [0, 0.05) is 0 Å². The molecule has 4 heteroatoms. The summed E-state index contributed by atoms with van der Waals surface area (Å²) in [5.41, 5.74) is 2.60. The number of carbonyl (C=O) groups is 1. The van der Waals surface area contributed by atoms with Gasteiger partial charge in [0.15, 0.2) is 0 Å². The van der Waals surface area contributed by atoms with Gasteiger partial charge in [0.05, 0.1) is 0 Å². The molecule has 0 aromatic heterocycles. The number of halogens is 1. The maximum atomic E-state index is 10.4. The minimum absolute atomic E-state index is 0.227. The SMILES string of the molecule is CC1=C(CCC=O)C2(CC1)OC[I-]O2. The van der Waals surface area contributed by atoms with Crippen LogP contribution in [0.5, 0.6) is 0 Å². The van der Waals surface area contributed by atoms with E-state index in [0.717, 1.165) is 30.2 Å². The summed E-state index contributed by atoms with van der Waals surface area (Å²) in [6.07, 6.45) is 4.36. The molecule has 1 saturated heterocycles. The predicted molar refractivity (Wildman–Crippen MR) is 47.0 cm³/mol. The Morgan fingerprint density at radius 2 is 2.50 bits per heavy atom. The average molecular weight is 309 g/mol. The summed E-state index contributed by atoms with van der Waals surface area (Å²) in [5, 5.41) is 0. The van der Waals surface area contributed by atoms with Gasteiger partial charge in [-0.1, -0.05) is 0 Å². The molecule has 0 aromatic rings. The van der Waals surface area contributed by atoms with Crippen LogP contribution < -0.4 is 21.6 Å². The van der Waals surface area contributed by atoms with E-state index in [9.17, 15) is 4.79 Å². The van der Waals surface area contributed by atoms with Gasteiger partial charge >= 0.3 is 94.7 Å². The quantitative estimate of drug-likeness (QED) is 0.284. The number of rotatable bonds is 3. The molecule has 1 aliphatic heterocycles. The zero-order valence-electron chi connectivity index (χ0n) is 8.22. The Morgan fingerprint density at radius 3 is 3.14 bits per heavy atom. The van der Waals surface area contributed by atoms with Gasteiger partial charge in [-0.15, -0.1) is 0 Å². The van der Waals surface area contributed by atoms with Crippen LogP contribution in [0.3, 0.4) is 0 Å². The van der Waals surface area contributed by atoms with E-state index in [1.807, 2.05) is 0 Å². The fourth-order valence-electron chi connectivity index (χ4n) is 2.07. The molecule has 0 saturated carbocycles. The fourth-order valence-corrected chi connectivity index (χ4v) is 3.95. The van der Waals surface area contributed by atoms with Crippen molar-refractivity contribution < 1.29 is 34.2 Å². The fraction of sp³-hybridized carbons (Fsp3) is 0.700. The number of aldehydes is 1. The minimum atomic E-state index is -0.402. The molecule has 1 aliphatic carbocycles. The summed E-state index contributed by atoms with van der Waals surface area (Å²) in [5.74, 6) is -0.402. The molecule has 0 radical (unpaired) electrons. The van der Waals surface area contributed by atoms with E-state index in [2.05, 4.69) is 6.92 Å². The summed E-state index contributed by atoms with van der Waals surface area (Å²) in [6.45, 7) is 2.12. The predicted octanol–water partition coefficient (Wildman–Crippen LogP) is -1.22. The maximum absolute atomic E-state index is 10.4. The van der Waals surface area contributed by atoms with Crippen LogP contribution >= 0.6 is 0 Å². The first-order chi connectivity index (χ1) is 6.78. The number of ether oxygens (including phenoxy) is 1. The van der Waals surface area contributed by atoms with Crippen LogP contribution in [-0.4, -0.2) is 16.7 Å². The Balaban J connectivity index is 2.15. The molecular formula is C10H14IO3-. The summed E-state index contributed by atoms with van der Waals surface area (Å²) in [7, 11) is 0. The van der Waals surface area contributed by atoms with Gasteiger partial charge in [-0.05, 0) is 0 Å². The van der Waals surface area contributed by atoms with Gasteiger partial charge in [0.2, 0.25) is 0 Å². The van der Waals surface area contributed by atoms with Crippen LogP contribution in [0.4, 0.5) is 0 Å². The third-order valence-corrected chi connectivity index (χ3v) is 4.42. The zero-order chi connectivity index (χ0) is 10.0. The van der Waals surface area contributed by atoms with Gasteiger partial charge in [0.1, 0.15) is 0 Å². The third kappa shape index (κ3) is 1.75. The molecule has 80 valence electrons. The van der Waals surface area contributed by atoms with E-state index in [1.165, 1.54) is 11.1 Å². The monoisotopic (exact) mass is 309 g/mol. The number of alkyl halides is 1. The molecule has 2 aliphatic rings. The summed E-state index contributed by atoms with van der Waals surface area (Å²) < 4.78 is 12.3. The summed E-state index contributed by atoms with van der Waals surface area (Å²) in [6, 6.07) is 0. The Hall–Kier alpha value is 0.0600. The number of carbonyl (C=O) groups excluding carboxylic acids is 1. The summed E-state index contributed by atoms with van der Waals surface area (Å²) in [4.78, 5) is 10.4. The molecule has 0 aromatic carbocycles. The molecule has 1 fully saturated rings. The second-order valence-corrected chi connectivity index (χ2v) is 5.34. The normalized spacial score (nSPS) is 32.4. The molecule has 2 rings (SSSR count). The number of hydrogen-bond acceptors (Lipinski definition) is 3. The van der Waals surface area contributed by atoms with Crippen molar-refractivity contribution in [1.82, 2.24) is 0 Å². The van der Waals surface area contributed by atoms with E-state index in [0.29, 0.717) is 6.42 Å². The Morgan fingerprint density at radius 1 is 1.64 bits per heavy atom. The van der Waals surface area contributed by atoms with Crippen molar-refractivity contribution in [3.05, 3.63) is 11.1 Å². The van der Waals surface area contributed by atoms with Gasteiger partial charge < -0.3 is 0 Å². The van der Waals surface area contributed by atoms with Crippen molar-refractivity contribution in [3.63, 3.8) is 0 Å². The first-order valence-corrected chi connectivity index (χ1v) is 7.23. The van der Waals surface area contributed by atoms with Crippen LogP contribution in [0, 0.1) is 0 Å². The van der Waals surface area contributed by atoms with Crippen molar-refractivity contribution in [1.29, 1.82) is 0 Å². The van der Waals surface area contributed by atoms with Crippen LogP contribution in [0.25, 0.3) is 0 Å². The Kier molecular flexibility index (Phi) is 3.23.